The molecule has 1 fully saturated rings. The average molecular weight is 229 g/mol. The minimum Gasteiger partial charge on any atom is -0.395 e. The molecule has 1 aliphatic carbocycles. The molecule has 0 spiro atoms. The fraction of sp³-hybridized carbons (Fsp3) is 1.00. The molecule has 3 nitrogen and oxygen atoms in total. The topological polar surface area (TPSA) is 41.5 Å². The van der Waals surface area contributed by atoms with E-state index in [0.29, 0.717) is 12.1 Å². The summed E-state index contributed by atoms with van der Waals surface area (Å²) in [5.74, 6) is 0. The highest BCUT2D eigenvalue weighted by molar-refractivity contribution is 5.07. The second kappa shape index (κ2) is 5.99. The van der Waals surface area contributed by atoms with Crippen LogP contribution in [0.25, 0.3) is 0 Å². The highest BCUT2D eigenvalue weighted by Gasteiger charge is 2.53. The molecule has 0 aromatic rings. The van der Waals surface area contributed by atoms with Crippen LogP contribution in [0.1, 0.15) is 46.5 Å². The maximum atomic E-state index is 9.24. The zero-order valence-corrected chi connectivity index (χ0v) is 11.1. The molecule has 0 heterocycles. The van der Waals surface area contributed by atoms with E-state index >= 15 is 0 Å². The first kappa shape index (κ1) is 13.9. The molecule has 2 unspecified atom stereocenters. The molecule has 0 aromatic heterocycles. The Balaban J connectivity index is 2.61. The summed E-state index contributed by atoms with van der Waals surface area (Å²) < 4.78 is 5.56. The Labute approximate surface area is 99.6 Å². The number of hydrogen-bond acceptors (Lipinski definition) is 3. The van der Waals surface area contributed by atoms with Crippen LogP contribution in [-0.2, 0) is 4.74 Å². The molecular formula is C13H27NO2. The molecule has 0 aliphatic heterocycles. The van der Waals surface area contributed by atoms with Gasteiger partial charge in [0.05, 0.1) is 12.7 Å². The van der Waals surface area contributed by atoms with Gasteiger partial charge in [-0.1, -0.05) is 20.8 Å². The Morgan fingerprint density at radius 2 is 2.00 bits per heavy atom. The Hall–Kier alpha value is -0.120. The van der Waals surface area contributed by atoms with Gasteiger partial charge >= 0.3 is 0 Å². The SMILES string of the molecule is CC[C@H](CO)NC1CC(OC)C1(CC)CC. The fourth-order valence-electron chi connectivity index (χ4n) is 3.09. The number of aliphatic hydroxyl groups is 1. The third-order valence-corrected chi connectivity index (χ3v) is 4.54. The van der Waals surface area contributed by atoms with Gasteiger partial charge in [-0.3, -0.25) is 0 Å². The molecule has 96 valence electrons. The van der Waals surface area contributed by atoms with Crippen LogP contribution in [0.2, 0.25) is 0 Å². The van der Waals surface area contributed by atoms with Crippen molar-refractivity contribution in [2.24, 2.45) is 5.41 Å². The van der Waals surface area contributed by atoms with Gasteiger partial charge in [-0.2, -0.15) is 0 Å². The minimum absolute atomic E-state index is 0.230. The van der Waals surface area contributed by atoms with Gasteiger partial charge in [0.2, 0.25) is 0 Å². The molecule has 0 radical (unpaired) electrons. The van der Waals surface area contributed by atoms with Crippen molar-refractivity contribution in [2.45, 2.75) is 64.6 Å². The number of aliphatic hydroxyl groups excluding tert-OH is 1. The maximum Gasteiger partial charge on any atom is 0.0657 e. The van der Waals surface area contributed by atoms with E-state index in [9.17, 15) is 5.11 Å². The van der Waals surface area contributed by atoms with Crippen molar-refractivity contribution in [3.63, 3.8) is 0 Å². The van der Waals surface area contributed by atoms with Gasteiger partial charge in [-0.25, -0.2) is 0 Å². The van der Waals surface area contributed by atoms with Gasteiger partial charge in [-0.05, 0) is 25.7 Å². The van der Waals surface area contributed by atoms with Crippen molar-refractivity contribution >= 4 is 0 Å². The Morgan fingerprint density at radius 1 is 1.38 bits per heavy atom. The van der Waals surface area contributed by atoms with Gasteiger partial charge < -0.3 is 15.2 Å². The molecular weight excluding hydrogens is 202 g/mol. The second-order valence-electron chi connectivity index (χ2n) is 4.91. The number of methoxy groups -OCH3 is 1. The Bertz CT molecular complexity index is 200. The molecule has 0 aromatic carbocycles. The zero-order chi connectivity index (χ0) is 12.2. The fourth-order valence-corrected chi connectivity index (χ4v) is 3.09. The summed E-state index contributed by atoms with van der Waals surface area (Å²) in [7, 11) is 1.81. The molecule has 1 saturated carbocycles. The Kier molecular flexibility index (Phi) is 5.22. The summed E-state index contributed by atoms with van der Waals surface area (Å²) in [4.78, 5) is 0. The summed E-state index contributed by atoms with van der Waals surface area (Å²) in [6, 6.07) is 0.741. The van der Waals surface area contributed by atoms with Crippen molar-refractivity contribution in [3.05, 3.63) is 0 Å². The molecule has 3 heteroatoms. The summed E-state index contributed by atoms with van der Waals surface area (Å²) >= 11 is 0. The van der Waals surface area contributed by atoms with Crippen LogP contribution in [0.5, 0.6) is 0 Å². The molecule has 1 aliphatic rings. The summed E-state index contributed by atoms with van der Waals surface area (Å²) in [5.41, 5.74) is 0.275. The van der Waals surface area contributed by atoms with Gasteiger partial charge in [-0.15, -0.1) is 0 Å². The minimum atomic E-state index is 0.230. The lowest BCUT2D eigenvalue weighted by Gasteiger charge is -2.56. The van der Waals surface area contributed by atoms with Crippen LogP contribution in [-0.4, -0.2) is 37.0 Å². The summed E-state index contributed by atoms with van der Waals surface area (Å²) in [6.07, 6.45) is 4.72. The molecule has 0 saturated heterocycles. The van der Waals surface area contributed by atoms with Crippen molar-refractivity contribution in [1.82, 2.24) is 5.32 Å². The van der Waals surface area contributed by atoms with E-state index in [1.54, 1.807) is 0 Å². The molecule has 0 amide bonds. The number of ether oxygens (including phenoxy) is 1. The first-order valence-electron chi connectivity index (χ1n) is 6.58. The van der Waals surface area contributed by atoms with Crippen LogP contribution in [0.15, 0.2) is 0 Å². The van der Waals surface area contributed by atoms with E-state index in [1.165, 1.54) is 0 Å². The number of nitrogens with one attached hydrogen (secondary N) is 1. The standard InChI is InChI=1S/C13H27NO2/c1-5-10(9-15)14-11-8-12(16-4)13(11,6-2)7-3/h10-12,14-15H,5-9H2,1-4H3/t10-,11?,12?/m1/s1. The highest BCUT2D eigenvalue weighted by atomic mass is 16.5. The van der Waals surface area contributed by atoms with E-state index in [0.717, 1.165) is 25.7 Å². The average Bonchev–Trinajstić information content (AvgIpc) is 2.30. The zero-order valence-electron chi connectivity index (χ0n) is 11.1. The van der Waals surface area contributed by atoms with E-state index < -0.39 is 0 Å². The summed E-state index contributed by atoms with van der Waals surface area (Å²) in [6.45, 7) is 6.82. The van der Waals surface area contributed by atoms with Crippen LogP contribution >= 0.6 is 0 Å². The van der Waals surface area contributed by atoms with Gasteiger partial charge in [0.15, 0.2) is 0 Å². The monoisotopic (exact) mass is 229 g/mol. The molecule has 2 N–H and O–H groups in total. The lowest BCUT2D eigenvalue weighted by Crippen LogP contribution is -2.65. The van der Waals surface area contributed by atoms with Crippen LogP contribution < -0.4 is 5.32 Å². The third-order valence-electron chi connectivity index (χ3n) is 4.54. The van der Waals surface area contributed by atoms with Crippen LogP contribution in [0.3, 0.4) is 0 Å². The van der Waals surface area contributed by atoms with Crippen LogP contribution in [0.4, 0.5) is 0 Å². The highest BCUT2D eigenvalue weighted by Crippen LogP contribution is 2.48. The predicted octanol–water partition coefficient (Wildman–Crippen LogP) is 1.94. The van der Waals surface area contributed by atoms with E-state index in [1.807, 2.05) is 7.11 Å². The van der Waals surface area contributed by atoms with E-state index in [-0.39, 0.29) is 18.1 Å². The number of rotatable bonds is 7. The smallest absolute Gasteiger partial charge is 0.0657 e. The predicted molar refractivity (Wildman–Crippen MR) is 66.5 cm³/mol. The lowest BCUT2D eigenvalue weighted by atomic mass is 9.58. The molecule has 16 heavy (non-hydrogen) atoms. The van der Waals surface area contributed by atoms with E-state index in [2.05, 4.69) is 26.1 Å². The maximum absolute atomic E-state index is 9.24. The van der Waals surface area contributed by atoms with Crippen molar-refractivity contribution in [3.8, 4) is 0 Å². The lowest BCUT2D eigenvalue weighted by molar-refractivity contribution is -0.127. The number of hydrogen-bond donors (Lipinski definition) is 2. The normalized spacial score (nSPS) is 29.8. The first-order chi connectivity index (χ1) is 7.68. The van der Waals surface area contributed by atoms with Crippen molar-refractivity contribution in [2.75, 3.05) is 13.7 Å². The van der Waals surface area contributed by atoms with Gasteiger partial charge in [0.1, 0.15) is 0 Å². The van der Waals surface area contributed by atoms with Gasteiger partial charge in [0, 0.05) is 24.6 Å². The largest absolute Gasteiger partial charge is 0.395 e. The molecule has 0 bridgehead atoms. The van der Waals surface area contributed by atoms with Crippen molar-refractivity contribution < 1.29 is 9.84 Å². The van der Waals surface area contributed by atoms with Crippen molar-refractivity contribution in [1.29, 1.82) is 0 Å². The molecule has 3 atom stereocenters. The quantitative estimate of drug-likeness (QED) is 0.701. The summed E-state index contributed by atoms with van der Waals surface area (Å²) in [5, 5.41) is 12.8. The first-order valence-corrected chi connectivity index (χ1v) is 6.58. The third kappa shape index (κ3) is 2.27. The molecule has 1 rings (SSSR count). The second-order valence-corrected chi connectivity index (χ2v) is 4.91. The Morgan fingerprint density at radius 3 is 2.38 bits per heavy atom. The van der Waals surface area contributed by atoms with Gasteiger partial charge in [0.25, 0.3) is 0 Å². The van der Waals surface area contributed by atoms with Crippen LogP contribution in [0, 0.1) is 5.41 Å². The van der Waals surface area contributed by atoms with E-state index in [4.69, 9.17) is 4.74 Å².